The number of hydrogen-bond acceptors (Lipinski definition) is 6. The Bertz CT molecular complexity index is 1390. The second-order valence-corrected chi connectivity index (χ2v) is 9.34. The smallest absolute Gasteiger partial charge is 0.261 e. The number of imidazole rings is 1. The molecule has 176 valence electrons. The third-order valence-corrected chi connectivity index (χ3v) is 7.15. The lowest BCUT2D eigenvalue weighted by atomic mass is 9.90. The van der Waals surface area contributed by atoms with Gasteiger partial charge in [0, 0.05) is 36.2 Å². The molecular formula is C26H30N6O2. The number of morpholine rings is 1. The van der Waals surface area contributed by atoms with Crippen LogP contribution in [0.25, 0.3) is 33.3 Å². The van der Waals surface area contributed by atoms with Crippen LogP contribution in [0.15, 0.2) is 47.3 Å². The molecule has 2 aromatic heterocycles. The molecule has 2 aromatic carbocycles. The largest absolute Gasteiger partial charge is 0.379 e. The van der Waals surface area contributed by atoms with Crippen molar-refractivity contribution in [2.24, 2.45) is 5.73 Å². The second kappa shape index (κ2) is 8.77. The van der Waals surface area contributed by atoms with Gasteiger partial charge in [0.1, 0.15) is 11.4 Å². The van der Waals surface area contributed by atoms with Crippen LogP contribution in [-0.4, -0.2) is 53.3 Å². The van der Waals surface area contributed by atoms with Crippen molar-refractivity contribution in [1.29, 1.82) is 0 Å². The molecule has 1 saturated heterocycles. The Morgan fingerprint density at radius 1 is 1.03 bits per heavy atom. The Kier molecular flexibility index (Phi) is 5.47. The minimum absolute atomic E-state index is 0.0615. The van der Waals surface area contributed by atoms with Crippen molar-refractivity contribution in [3.05, 3.63) is 52.8 Å². The highest BCUT2D eigenvalue weighted by molar-refractivity contribution is 5.99. The number of nitrogens with zero attached hydrogens (tertiary/aromatic N) is 2. The minimum Gasteiger partial charge on any atom is -0.379 e. The van der Waals surface area contributed by atoms with Crippen LogP contribution in [0.4, 0.5) is 11.4 Å². The van der Waals surface area contributed by atoms with E-state index in [4.69, 9.17) is 15.5 Å². The zero-order valence-electron chi connectivity index (χ0n) is 19.1. The van der Waals surface area contributed by atoms with Gasteiger partial charge in [0.2, 0.25) is 0 Å². The summed E-state index contributed by atoms with van der Waals surface area (Å²) in [4.78, 5) is 27.0. The third kappa shape index (κ3) is 3.82. The number of benzene rings is 2. The quantitative estimate of drug-likeness (QED) is 0.372. The number of H-pyrrole nitrogens is 2. The lowest BCUT2D eigenvalue weighted by Gasteiger charge is -2.31. The molecule has 2 atom stereocenters. The summed E-state index contributed by atoms with van der Waals surface area (Å²) < 4.78 is 5.49. The highest BCUT2D eigenvalue weighted by atomic mass is 16.5. The number of pyridine rings is 1. The molecule has 2 unspecified atom stereocenters. The number of fused-ring (bicyclic) bond motifs is 2. The normalized spacial score (nSPS) is 21.3. The number of hydrogen-bond donors (Lipinski definition) is 4. The van der Waals surface area contributed by atoms with E-state index in [2.05, 4.69) is 32.3 Å². The first-order chi connectivity index (χ1) is 16.7. The van der Waals surface area contributed by atoms with Crippen LogP contribution in [0, 0.1) is 0 Å². The first kappa shape index (κ1) is 21.2. The fourth-order valence-electron chi connectivity index (χ4n) is 5.28. The lowest BCUT2D eigenvalue weighted by Crippen LogP contribution is -2.43. The van der Waals surface area contributed by atoms with E-state index >= 15 is 0 Å². The van der Waals surface area contributed by atoms with Crippen LogP contribution in [0.3, 0.4) is 0 Å². The van der Waals surface area contributed by atoms with Gasteiger partial charge >= 0.3 is 0 Å². The molecule has 34 heavy (non-hydrogen) atoms. The molecule has 6 rings (SSSR count). The van der Waals surface area contributed by atoms with Gasteiger partial charge in [-0.3, -0.25) is 4.79 Å². The zero-order chi connectivity index (χ0) is 23.1. The number of aromatic amines is 2. The molecule has 0 bridgehead atoms. The van der Waals surface area contributed by atoms with Gasteiger partial charge in [-0.1, -0.05) is 31.0 Å². The van der Waals surface area contributed by atoms with Crippen LogP contribution in [-0.2, 0) is 4.74 Å². The summed E-state index contributed by atoms with van der Waals surface area (Å²) in [5.74, 6) is 0.563. The maximum atomic E-state index is 13.4. The van der Waals surface area contributed by atoms with Gasteiger partial charge in [0.05, 0.1) is 35.5 Å². The average molecular weight is 459 g/mol. The first-order valence-corrected chi connectivity index (χ1v) is 12.2. The SMILES string of the molecule is NC1CCCCC1Nc1c(-c2nc3ccc(N4CCOCC4)cc3[nH]2)c(=O)[nH]c2ccccc12. The van der Waals surface area contributed by atoms with Crippen LogP contribution < -0.4 is 21.5 Å². The van der Waals surface area contributed by atoms with Gasteiger partial charge in [-0.2, -0.15) is 0 Å². The molecule has 1 aliphatic heterocycles. The summed E-state index contributed by atoms with van der Waals surface area (Å²) in [6, 6.07) is 14.3. The summed E-state index contributed by atoms with van der Waals surface area (Å²) in [6.45, 7) is 3.20. The van der Waals surface area contributed by atoms with Crippen molar-refractivity contribution in [2.75, 3.05) is 36.5 Å². The fourth-order valence-corrected chi connectivity index (χ4v) is 5.28. The van der Waals surface area contributed by atoms with Gasteiger partial charge in [0.15, 0.2) is 0 Å². The van der Waals surface area contributed by atoms with Crippen LogP contribution in [0.2, 0.25) is 0 Å². The topological polar surface area (TPSA) is 112 Å². The maximum absolute atomic E-state index is 13.4. The molecular weight excluding hydrogens is 428 g/mol. The second-order valence-electron chi connectivity index (χ2n) is 9.34. The Balaban J connectivity index is 1.46. The summed E-state index contributed by atoms with van der Waals surface area (Å²) >= 11 is 0. The highest BCUT2D eigenvalue weighted by Gasteiger charge is 2.25. The molecule has 1 aliphatic carbocycles. The van der Waals surface area contributed by atoms with Gasteiger partial charge < -0.3 is 30.7 Å². The molecule has 0 spiro atoms. The molecule has 2 fully saturated rings. The van der Waals surface area contributed by atoms with Crippen molar-refractivity contribution in [3.8, 4) is 11.4 Å². The average Bonchev–Trinajstić information content (AvgIpc) is 3.28. The van der Waals surface area contributed by atoms with E-state index in [1.54, 1.807) is 0 Å². The van der Waals surface area contributed by atoms with E-state index in [1.165, 1.54) is 0 Å². The minimum atomic E-state index is -0.168. The number of nitrogens with two attached hydrogens (primary N) is 1. The van der Waals surface area contributed by atoms with E-state index < -0.39 is 0 Å². The Labute approximate surface area is 197 Å². The zero-order valence-corrected chi connectivity index (χ0v) is 19.1. The van der Waals surface area contributed by atoms with Crippen molar-refractivity contribution in [3.63, 3.8) is 0 Å². The van der Waals surface area contributed by atoms with E-state index in [-0.39, 0.29) is 17.6 Å². The van der Waals surface area contributed by atoms with E-state index in [0.717, 1.165) is 85.3 Å². The Morgan fingerprint density at radius 2 is 1.85 bits per heavy atom. The van der Waals surface area contributed by atoms with E-state index in [9.17, 15) is 4.79 Å². The summed E-state index contributed by atoms with van der Waals surface area (Å²) in [7, 11) is 0. The highest BCUT2D eigenvalue weighted by Crippen LogP contribution is 2.33. The number of nitrogens with one attached hydrogen (secondary N) is 3. The van der Waals surface area contributed by atoms with Crippen molar-refractivity contribution >= 4 is 33.3 Å². The Morgan fingerprint density at radius 3 is 2.71 bits per heavy atom. The molecule has 5 N–H and O–H groups in total. The molecule has 2 aliphatic rings. The van der Waals surface area contributed by atoms with Crippen molar-refractivity contribution < 1.29 is 4.74 Å². The standard InChI is InChI=1S/C26H30N6O2/c27-18-6-2-4-8-20(18)28-24-17-5-1-3-7-19(17)31-26(33)23(24)25-29-21-10-9-16(15-22(21)30-25)32-11-13-34-14-12-32/h1,3,5,7,9-10,15,18,20H,2,4,6,8,11-14,27H2,(H,29,30)(H2,28,31,33). The van der Waals surface area contributed by atoms with Gasteiger partial charge in [-0.25, -0.2) is 4.98 Å². The monoisotopic (exact) mass is 458 g/mol. The first-order valence-electron chi connectivity index (χ1n) is 12.2. The van der Waals surface area contributed by atoms with Crippen molar-refractivity contribution in [2.45, 2.75) is 37.8 Å². The molecule has 8 nitrogen and oxygen atoms in total. The predicted octanol–water partition coefficient (Wildman–Crippen LogP) is 3.59. The van der Waals surface area contributed by atoms with Gasteiger partial charge in [-0.15, -0.1) is 0 Å². The number of aromatic nitrogens is 3. The molecule has 3 heterocycles. The van der Waals surface area contributed by atoms with Crippen LogP contribution in [0.5, 0.6) is 0 Å². The van der Waals surface area contributed by atoms with Crippen molar-refractivity contribution in [1.82, 2.24) is 15.0 Å². The lowest BCUT2D eigenvalue weighted by molar-refractivity contribution is 0.122. The predicted molar refractivity (Wildman–Crippen MR) is 137 cm³/mol. The molecule has 0 radical (unpaired) electrons. The number of rotatable bonds is 4. The summed E-state index contributed by atoms with van der Waals surface area (Å²) in [6.07, 6.45) is 4.27. The van der Waals surface area contributed by atoms with E-state index in [1.807, 2.05) is 30.3 Å². The van der Waals surface area contributed by atoms with Gasteiger partial charge in [-0.05, 0) is 37.1 Å². The number of para-hydroxylation sites is 1. The van der Waals surface area contributed by atoms with Crippen LogP contribution in [0.1, 0.15) is 25.7 Å². The van der Waals surface area contributed by atoms with Crippen LogP contribution >= 0.6 is 0 Å². The maximum Gasteiger partial charge on any atom is 0.261 e. The third-order valence-electron chi connectivity index (χ3n) is 7.15. The van der Waals surface area contributed by atoms with Gasteiger partial charge in [0.25, 0.3) is 5.56 Å². The Hall–Kier alpha value is -3.36. The number of anilines is 2. The number of ether oxygens (including phenoxy) is 1. The summed E-state index contributed by atoms with van der Waals surface area (Å²) in [5.41, 5.74) is 11.3. The summed E-state index contributed by atoms with van der Waals surface area (Å²) in [5, 5.41) is 4.62. The molecule has 4 aromatic rings. The fraction of sp³-hybridized carbons (Fsp3) is 0.385. The molecule has 8 heteroatoms. The molecule has 1 saturated carbocycles. The van der Waals surface area contributed by atoms with E-state index in [0.29, 0.717) is 11.4 Å². The molecule has 0 amide bonds.